The van der Waals surface area contributed by atoms with Crippen molar-refractivity contribution in [2.75, 3.05) is 10.6 Å². The van der Waals surface area contributed by atoms with Crippen molar-refractivity contribution in [3.63, 3.8) is 0 Å². The lowest BCUT2D eigenvalue weighted by Crippen LogP contribution is -2.62. The summed E-state index contributed by atoms with van der Waals surface area (Å²) in [7, 11) is 0. The average Bonchev–Trinajstić information content (AvgIpc) is 2.50. The fourth-order valence-electron chi connectivity index (χ4n) is 2.79. The van der Waals surface area contributed by atoms with Crippen LogP contribution in [-0.4, -0.2) is 33.6 Å². The smallest absolute Gasteiger partial charge is 0.330 e. The summed E-state index contributed by atoms with van der Waals surface area (Å²) in [5.41, 5.74) is 4.35. The lowest BCUT2D eigenvalue weighted by atomic mass is 9.89. The zero-order valence-corrected chi connectivity index (χ0v) is 13.0. The number of anilines is 2. The second-order valence-electron chi connectivity index (χ2n) is 5.29. The average molecular weight is 307 g/mol. The maximum absolute atomic E-state index is 12.8. The van der Waals surface area contributed by atoms with Gasteiger partial charge in [-0.15, -0.1) is 0 Å². The van der Waals surface area contributed by atoms with Crippen LogP contribution in [0.2, 0.25) is 0 Å². The van der Waals surface area contributed by atoms with Crippen LogP contribution >= 0.6 is 0 Å². The fraction of sp³-hybridized carbons (Fsp3) is 0.533. The molecule has 0 saturated carbocycles. The summed E-state index contributed by atoms with van der Waals surface area (Å²) < 4.78 is 5.64. The van der Waals surface area contributed by atoms with Gasteiger partial charge in [0.2, 0.25) is 0 Å². The van der Waals surface area contributed by atoms with E-state index in [4.69, 9.17) is 10.5 Å². The van der Waals surface area contributed by atoms with Crippen LogP contribution in [0.25, 0.3) is 0 Å². The Bertz CT molecular complexity index is 598. The molecule has 7 nitrogen and oxygen atoms in total. The highest BCUT2D eigenvalue weighted by molar-refractivity contribution is 6.05. The van der Waals surface area contributed by atoms with Gasteiger partial charge in [-0.3, -0.25) is 9.69 Å². The van der Waals surface area contributed by atoms with E-state index < -0.39 is 17.6 Å². The van der Waals surface area contributed by atoms with Crippen LogP contribution < -0.4 is 15.4 Å². The molecule has 0 fully saturated rings. The topological polar surface area (TPSA) is 106 Å². The van der Waals surface area contributed by atoms with Crippen molar-refractivity contribution in [1.82, 2.24) is 4.98 Å². The molecular formula is C15H21N3O4. The summed E-state index contributed by atoms with van der Waals surface area (Å²) in [5.74, 6) is -0.674. The number of carboxylic acids is 1. The first-order chi connectivity index (χ1) is 10.4. The van der Waals surface area contributed by atoms with Gasteiger partial charge < -0.3 is 15.6 Å². The van der Waals surface area contributed by atoms with Gasteiger partial charge >= 0.3 is 5.97 Å². The Morgan fingerprint density at radius 3 is 2.55 bits per heavy atom. The minimum atomic E-state index is -1.36. The van der Waals surface area contributed by atoms with Crippen LogP contribution in [0.1, 0.15) is 40.0 Å². The van der Waals surface area contributed by atoms with Crippen molar-refractivity contribution in [3.8, 4) is 5.75 Å². The number of hydrogen-bond acceptors (Lipinski definition) is 5. The molecule has 7 heteroatoms. The van der Waals surface area contributed by atoms with Gasteiger partial charge in [-0.2, -0.15) is 0 Å². The molecule has 0 bridgehead atoms. The molecule has 0 radical (unpaired) electrons. The largest absolute Gasteiger partial charge is 0.479 e. The highest BCUT2D eigenvalue weighted by Crippen LogP contribution is 2.40. The van der Waals surface area contributed by atoms with Crippen LogP contribution in [0.15, 0.2) is 12.1 Å². The monoisotopic (exact) mass is 307 g/mol. The number of carboxylic acid groups (broad SMARTS) is 1. The number of nitrogens with two attached hydrogens (primary N) is 1. The number of nitrogens with zero attached hydrogens (tertiary/aromatic N) is 2. The highest BCUT2D eigenvalue weighted by atomic mass is 16.5. The Balaban J connectivity index is 2.68. The first-order valence-electron chi connectivity index (χ1n) is 7.41. The minimum absolute atomic E-state index is 0.181. The molecule has 0 saturated heterocycles. The number of rotatable bonds is 5. The van der Waals surface area contributed by atoms with Crippen molar-refractivity contribution in [1.29, 1.82) is 0 Å². The molecule has 1 aliphatic rings. The van der Waals surface area contributed by atoms with Crippen molar-refractivity contribution < 1.29 is 19.4 Å². The van der Waals surface area contributed by atoms with Crippen LogP contribution in [0.5, 0.6) is 5.75 Å². The highest BCUT2D eigenvalue weighted by Gasteiger charge is 2.50. The number of aromatic nitrogens is 1. The Kier molecular flexibility index (Phi) is 4.25. The molecule has 1 atom stereocenters. The number of hydrogen-bond donors (Lipinski definition) is 2. The first-order valence-corrected chi connectivity index (χ1v) is 7.41. The van der Waals surface area contributed by atoms with E-state index in [0.717, 1.165) is 0 Å². The summed E-state index contributed by atoms with van der Waals surface area (Å²) in [4.78, 5) is 30.1. The van der Waals surface area contributed by atoms with Gasteiger partial charge in [-0.05, 0) is 31.4 Å². The van der Waals surface area contributed by atoms with E-state index in [1.165, 1.54) is 4.90 Å². The lowest BCUT2D eigenvalue weighted by molar-refractivity contribution is -0.147. The van der Waals surface area contributed by atoms with E-state index in [1.807, 2.05) is 6.92 Å². The number of aliphatic carboxylic acids is 1. The molecule has 3 N–H and O–H groups in total. The van der Waals surface area contributed by atoms with Crippen molar-refractivity contribution in [3.05, 3.63) is 12.1 Å². The SMILES string of the molecule is CCC1Oc2ccc(N)nc2N(C(CC)(CC)C(=O)O)C1=O. The third-order valence-electron chi connectivity index (χ3n) is 4.20. The van der Waals surface area contributed by atoms with Gasteiger partial charge in [0.25, 0.3) is 5.91 Å². The Morgan fingerprint density at radius 1 is 1.41 bits per heavy atom. The van der Waals surface area contributed by atoms with E-state index in [1.54, 1.807) is 26.0 Å². The van der Waals surface area contributed by atoms with Gasteiger partial charge in [0, 0.05) is 0 Å². The third kappa shape index (κ3) is 2.26. The summed E-state index contributed by atoms with van der Waals surface area (Å²) in [6.07, 6.45) is 0.255. The molecule has 1 aromatic rings. The molecule has 22 heavy (non-hydrogen) atoms. The normalized spacial score (nSPS) is 17.9. The molecule has 0 spiro atoms. The molecule has 120 valence electrons. The van der Waals surface area contributed by atoms with E-state index in [2.05, 4.69) is 4.98 Å². The molecule has 1 unspecified atom stereocenters. The van der Waals surface area contributed by atoms with Crippen LogP contribution in [-0.2, 0) is 9.59 Å². The molecule has 0 aromatic carbocycles. The second kappa shape index (κ2) is 5.82. The first kappa shape index (κ1) is 16.1. The van der Waals surface area contributed by atoms with Crippen molar-refractivity contribution in [2.24, 2.45) is 0 Å². The number of nitrogen functional groups attached to an aromatic ring is 1. The quantitative estimate of drug-likeness (QED) is 0.859. The van der Waals surface area contributed by atoms with Crippen molar-refractivity contribution in [2.45, 2.75) is 51.7 Å². The Morgan fingerprint density at radius 2 is 2.05 bits per heavy atom. The van der Waals surface area contributed by atoms with Gasteiger partial charge in [0.05, 0.1) is 0 Å². The molecular weight excluding hydrogens is 286 g/mol. The second-order valence-corrected chi connectivity index (χ2v) is 5.29. The predicted octanol–water partition coefficient (Wildman–Crippen LogP) is 1.81. The summed E-state index contributed by atoms with van der Waals surface area (Å²) in [6.45, 7) is 5.30. The maximum Gasteiger partial charge on any atom is 0.330 e. The van der Waals surface area contributed by atoms with Gasteiger partial charge in [0.15, 0.2) is 17.7 Å². The summed E-state index contributed by atoms with van der Waals surface area (Å²) >= 11 is 0. The minimum Gasteiger partial charge on any atom is -0.479 e. The maximum atomic E-state index is 12.8. The van der Waals surface area contributed by atoms with Crippen molar-refractivity contribution >= 4 is 23.5 Å². The Labute approximate surface area is 129 Å². The molecule has 2 heterocycles. The number of ether oxygens (including phenoxy) is 1. The van der Waals surface area contributed by atoms with Gasteiger partial charge in [-0.25, -0.2) is 9.78 Å². The van der Waals surface area contributed by atoms with Gasteiger partial charge in [-0.1, -0.05) is 20.8 Å². The molecule has 0 aliphatic carbocycles. The lowest BCUT2D eigenvalue weighted by Gasteiger charge is -2.43. The molecule has 1 amide bonds. The summed E-state index contributed by atoms with van der Waals surface area (Å²) in [6, 6.07) is 3.19. The fourth-order valence-corrected chi connectivity index (χ4v) is 2.79. The van der Waals surface area contributed by atoms with E-state index in [9.17, 15) is 14.7 Å². The number of pyridine rings is 1. The van der Waals surface area contributed by atoms with Crippen LogP contribution in [0.4, 0.5) is 11.6 Å². The third-order valence-corrected chi connectivity index (χ3v) is 4.20. The van der Waals surface area contributed by atoms with E-state index in [0.29, 0.717) is 12.2 Å². The standard InChI is InChI=1S/C15H21N3O4/c1-4-9-13(19)18(15(5-2,6-3)14(20)21)12-10(22-9)7-8-11(16)17-12/h7-9H,4-6H2,1-3H3,(H2,16,17)(H,20,21). The number of amides is 1. The van der Waals surface area contributed by atoms with Crippen LogP contribution in [0.3, 0.4) is 0 Å². The number of carbonyl (C=O) groups excluding carboxylic acids is 1. The summed E-state index contributed by atoms with van der Waals surface area (Å²) in [5, 5.41) is 9.75. The van der Waals surface area contributed by atoms with Crippen LogP contribution in [0, 0.1) is 0 Å². The Hall–Kier alpha value is -2.31. The zero-order valence-electron chi connectivity index (χ0n) is 13.0. The van der Waals surface area contributed by atoms with E-state index >= 15 is 0 Å². The zero-order chi connectivity index (χ0) is 16.5. The molecule has 2 rings (SSSR count). The molecule has 1 aromatic heterocycles. The number of carbonyl (C=O) groups is 2. The molecule has 1 aliphatic heterocycles. The van der Waals surface area contributed by atoms with Gasteiger partial charge in [0.1, 0.15) is 11.4 Å². The predicted molar refractivity (Wildman–Crippen MR) is 81.8 cm³/mol. The number of fused-ring (bicyclic) bond motifs is 1. The van der Waals surface area contributed by atoms with E-state index in [-0.39, 0.29) is 30.4 Å².